The first-order chi connectivity index (χ1) is 15.6. The lowest BCUT2D eigenvalue weighted by molar-refractivity contribution is 0.303. The summed E-state index contributed by atoms with van der Waals surface area (Å²) in [5.74, 6) is 0.439. The highest BCUT2D eigenvalue weighted by Crippen LogP contribution is 2.41. The molecule has 0 heterocycles. The van der Waals surface area contributed by atoms with Crippen molar-refractivity contribution in [1.82, 2.24) is 0 Å². The summed E-state index contributed by atoms with van der Waals surface area (Å²) in [6, 6.07) is 10.1. The quantitative estimate of drug-likeness (QED) is 0.385. The van der Waals surface area contributed by atoms with Gasteiger partial charge >= 0.3 is 0 Å². The molecule has 0 aromatic heterocycles. The second kappa shape index (κ2) is 10.9. The van der Waals surface area contributed by atoms with E-state index in [0.717, 1.165) is 50.0 Å². The standard InChI is InChI=1S/C30H40F2/c1-3-5-7-21-9-12-23(13-10-21)27-19-28(31)30(29(32)20-27)26-16-15-24-17-22(8-6-4-2)11-14-25(24)18-26/h11,14,17,19-21,23,26H,3-10,12-13,15-16,18H2,1-2H3. The van der Waals surface area contributed by atoms with Gasteiger partial charge in [-0.2, -0.15) is 0 Å². The zero-order valence-electron chi connectivity index (χ0n) is 20.1. The largest absolute Gasteiger partial charge is 0.207 e. The fraction of sp³-hybridized carbons (Fsp3) is 0.600. The number of rotatable bonds is 8. The first-order valence-corrected chi connectivity index (χ1v) is 13.2. The minimum Gasteiger partial charge on any atom is -0.207 e. The molecular formula is C30H40F2. The summed E-state index contributed by atoms with van der Waals surface area (Å²) in [5, 5.41) is 0. The van der Waals surface area contributed by atoms with Gasteiger partial charge in [-0.25, -0.2) is 8.78 Å². The number of benzene rings is 2. The molecule has 1 fully saturated rings. The molecule has 2 aliphatic rings. The molecule has 0 saturated heterocycles. The van der Waals surface area contributed by atoms with E-state index in [4.69, 9.17) is 0 Å². The SMILES string of the molecule is CCCCc1ccc2c(c1)CCC(c1c(F)cc(C3CCC(CCCC)CC3)cc1F)C2. The number of halogens is 2. The minimum atomic E-state index is -0.318. The fourth-order valence-electron chi connectivity index (χ4n) is 6.10. The van der Waals surface area contributed by atoms with Crippen molar-refractivity contribution in [2.24, 2.45) is 5.92 Å². The molecule has 0 N–H and O–H groups in total. The van der Waals surface area contributed by atoms with Gasteiger partial charge in [0.25, 0.3) is 0 Å². The second-order valence-corrected chi connectivity index (χ2v) is 10.4. The van der Waals surface area contributed by atoms with Gasteiger partial charge in [0.1, 0.15) is 11.6 Å². The van der Waals surface area contributed by atoms with E-state index in [0.29, 0.717) is 11.5 Å². The molecule has 2 aromatic rings. The van der Waals surface area contributed by atoms with Crippen LogP contribution in [0.4, 0.5) is 8.78 Å². The Morgan fingerprint density at radius 1 is 0.781 bits per heavy atom. The van der Waals surface area contributed by atoms with Crippen LogP contribution in [0.15, 0.2) is 30.3 Å². The van der Waals surface area contributed by atoms with Crippen molar-refractivity contribution in [3.8, 4) is 0 Å². The maximum atomic E-state index is 15.2. The Morgan fingerprint density at radius 2 is 1.50 bits per heavy atom. The van der Waals surface area contributed by atoms with Crippen LogP contribution in [0.5, 0.6) is 0 Å². The topological polar surface area (TPSA) is 0 Å². The van der Waals surface area contributed by atoms with Crippen LogP contribution >= 0.6 is 0 Å². The van der Waals surface area contributed by atoms with E-state index >= 15 is 8.78 Å². The predicted molar refractivity (Wildman–Crippen MR) is 130 cm³/mol. The van der Waals surface area contributed by atoms with Crippen LogP contribution < -0.4 is 0 Å². The second-order valence-electron chi connectivity index (χ2n) is 10.4. The number of fused-ring (bicyclic) bond motifs is 1. The Labute approximate surface area is 193 Å². The van der Waals surface area contributed by atoms with Crippen molar-refractivity contribution in [2.75, 3.05) is 0 Å². The van der Waals surface area contributed by atoms with Crippen LogP contribution in [0.3, 0.4) is 0 Å². The number of aryl methyl sites for hydroxylation is 2. The average Bonchev–Trinajstić information content (AvgIpc) is 2.81. The van der Waals surface area contributed by atoms with Crippen molar-refractivity contribution in [2.45, 2.75) is 109 Å². The van der Waals surface area contributed by atoms with Crippen molar-refractivity contribution >= 4 is 0 Å². The van der Waals surface area contributed by atoms with Crippen molar-refractivity contribution in [3.05, 3.63) is 69.8 Å². The van der Waals surface area contributed by atoms with Gasteiger partial charge in [-0.3, -0.25) is 0 Å². The lowest BCUT2D eigenvalue weighted by Crippen LogP contribution is -2.17. The minimum absolute atomic E-state index is 0.0529. The van der Waals surface area contributed by atoms with Crippen molar-refractivity contribution in [1.29, 1.82) is 0 Å². The fourth-order valence-corrected chi connectivity index (χ4v) is 6.10. The predicted octanol–water partition coefficient (Wildman–Crippen LogP) is 9.04. The van der Waals surface area contributed by atoms with Crippen molar-refractivity contribution < 1.29 is 8.78 Å². The summed E-state index contributed by atoms with van der Waals surface area (Å²) in [6.45, 7) is 4.46. The Bertz CT molecular complexity index is 869. The molecule has 0 nitrogen and oxygen atoms in total. The van der Waals surface area contributed by atoms with E-state index < -0.39 is 0 Å². The third-order valence-corrected chi connectivity index (χ3v) is 8.11. The van der Waals surface area contributed by atoms with Crippen molar-refractivity contribution in [3.63, 3.8) is 0 Å². The molecule has 32 heavy (non-hydrogen) atoms. The normalized spacial score (nSPS) is 23.2. The number of unbranched alkanes of at least 4 members (excludes halogenated alkanes) is 2. The van der Waals surface area contributed by atoms with Gasteiger partial charge in [0.2, 0.25) is 0 Å². The molecule has 4 rings (SSSR count). The molecule has 2 heteroatoms. The highest BCUT2D eigenvalue weighted by Gasteiger charge is 2.28. The highest BCUT2D eigenvalue weighted by atomic mass is 19.1. The van der Waals surface area contributed by atoms with E-state index in [1.165, 1.54) is 61.6 Å². The summed E-state index contributed by atoms with van der Waals surface area (Å²) in [6.07, 6.45) is 14.5. The van der Waals surface area contributed by atoms with Crippen LogP contribution in [-0.4, -0.2) is 0 Å². The van der Waals surface area contributed by atoms with Gasteiger partial charge in [0, 0.05) is 5.56 Å². The molecule has 1 saturated carbocycles. The van der Waals surface area contributed by atoms with E-state index in [-0.39, 0.29) is 17.6 Å². The summed E-state index contributed by atoms with van der Waals surface area (Å²) in [7, 11) is 0. The van der Waals surface area contributed by atoms with Gasteiger partial charge in [0.05, 0.1) is 0 Å². The van der Waals surface area contributed by atoms with E-state index in [1.807, 2.05) is 0 Å². The first-order valence-electron chi connectivity index (χ1n) is 13.2. The summed E-state index contributed by atoms with van der Waals surface area (Å²) < 4.78 is 30.5. The molecule has 0 amide bonds. The highest BCUT2D eigenvalue weighted by molar-refractivity contribution is 5.39. The third kappa shape index (κ3) is 5.43. The summed E-state index contributed by atoms with van der Waals surface area (Å²) >= 11 is 0. The average molecular weight is 439 g/mol. The molecule has 1 unspecified atom stereocenters. The Morgan fingerprint density at radius 3 is 2.19 bits per heavy atom. The molecule has 0 radical (unpaired) electrons. The molecule has 1 atom stereocenters. The van der Waals surface area contributed by atoms with E-state index in [1.54, 1.807) is 12.1 Å². The zero-order chi connectivity index (χ0) is 22.5. The zero-order valence-corrected chi connectivity index (χ0v) is 20.1. The Kier molecular flexibility index (Phi) is 8.02. The van der Waals surface area contributed by atoms with Gasteiger partial charge < -0.3 is 0 Å². The smallest absolute Gasteiger partial charge is 0.129 e. The van der Waals surface area contributed by atoms with Crippen LogP contribution in [0, 0.1) is 17.6 Å². The van der Waals surface area contributed by atoms with E-state index in [9.17, 15) is 0 Å². The van der Waals surface area contributed by atoms with Gasteiger partial charge in [0.15, 0.2) is 0 Å². The van der Waals surface area contributed by atoms with Crippen LogP contribution in [-0.2, 0) is 19.3 Å². The lowest BCUT2D eigenvalue weighted by atomic mass is 9.75. The molecule has 0 bridgehead atoms. The molecule has 174 valence electrons. The lowest BCUT2D eigenvalue weighted by Gasteiger charge is -2.30. The number of hydrogen-bond acceptors (Lipinski definition) is 0. The summed E-state index contributed by atoms with van der Waals surface area (Å²) in [5.41, 5.74) is 5.26. The maximum Gasteiger partial charge on any atom is 0.129 e. The molecule has 0 spiro atoms. The van der Waals surface area contributed by atoms with Gasteiger partial charge in [-0.15, -0.1) is 0 Å². The van der Waals surface area contributed by atoms with Gasteiger partial charge in [-0.1, -0.05) is 57.7 Å². The van der Waals surface area contributed by atoms with Crippen LogP contribution in [0.25, 0.3) is 0 Å². The monoisotopic (exact) mass is 438 g/mol. The molecule has 2 aromatic carbocycles. The molecule has 2 aliphatic carbocycles. The van der Waals surface area contributed by atoms with E-state index in [2.05, 4.69) is 32.0 Å². The molecular weight excluding hydrogens is 398 g/mol. The third-order valence-electron chi connectivity index (χ3n) is 8.11. The molecule has 0 aliphatic heterocycles. The Balaban J connectivity index is 1.44. The maximum absolute atomic E-state index is 15.2. The summed E-state index contributed by atoms with van der Waals surface area (Å²) in [4.78, 5) is 0. The van der Waals surface area contributed by atoms with Crippen LogP contribution in [0.1, 0.15) is 118 Å². The first kappa shape index (κ1) is 23.5. The Hall–Kier alpha value is -1.70. The van der Waals surface area contributed by atoms with Gasteiger partial charge in [-0.05, 0) is 110 Å². The van der Waals surface area contributed by atoms with Crippen LogP contribution in [0.2, 0.25) is 0 Å². The number of hydrogen-bond donors (Lipinski definition) is 0.